The van der Waals surface area contributed by atoms with Crippen LogP contribution in [0, 0.1) is 0 Å². The fourth-order valence-electron chi connectivity index (χ4n) is 2.08. The second-order valence-corrected chi connectivity index (χ2v) is 5.31. The fourth-order valence-corrected chi connectivity index (χ4v) is 2.08. The molecule has 142 valence electrons. The highest BCUT2D eigenvalue weighted by Crippen LogP contribution is 1.98. The number of hydrogen-bond donors (Lipinski definition) is 3. The van der Waals surface area contributed by atoms with Crippen molar-refractivity contribution in [3.05, 3.63) is 42.2 Å². The summed E-state index contributed by atoms with van der Waals surface area (Å²) in [5.74, 6) is -2.54. The third kappa shape index (κ3) is 10.2. The Bertz CT molecular complexity index is 584. The average molecular weight is 365 g/mol. The van der Waals surface area contributed by atoms with E-state index < -0.39 is 11.9 Å². The molecule has 2 rings (SSSR count). The molecule has 3 N–H and O–H groups in total. The molecule has 0 atom stereocenters. The van der Waals surface area contributed by atoms with E-state index >= 15 is 0 Å². The molecule has 0 bridgehead atoms. The summed E-state index contributed by atoms with van der Waals surface area (Å²) in [7, 11) is 0. The van der Waals surface area contributed by atoms with Crippen molar-refractivity contribution in [2.45, 2.75) is 6.42 Å². The number of aliphatic carboxylic acids is 2. The Morgan fingerprint density at radius 3 is 2.23 bits per heavy atom. The van der Waals surface area contributed by atoms with Crippen molar-refractivity contribution in [3.8, 4) is 0 Å². The zero-order valence-electron chi connectivity index (χ0n) is 14.3. The highest BCUT2D eigenvalue weighted by atomic mass is 16.5. The van der Waals surface area contributed by atoms with Crippen molar-refractivity contribution in [3.63, 3.8) is 0 Å². The van der Waals surface area contributed by atoms with Gasteiger partial charge in [-0.05, 0) is 25.1 Å². The molecule has 9 heteroatoms. The van der Waals surface area contributed by atoms with E-state index in [1.165, 1.54) is 0 Å². The lowest BCUT2D eigenvalue weighted by molar-refractivity contribution is -0.134. The Kier molecular flexibility index (Phi) is 10.3. The van der Waals surface area contributed by atoms with E-state index in [0.29, 0.717) is 24.3 Å². The van der Waals surface area contributed by atoms with Crippen molar-refractivity contribution in [1.82, 2.24) is 15.2 Å². The molecule has 1 amide bonds. The molecule has 0 aromatic carbocycles. The summed E-state index contributed by atoms with van der Waals surface area (Å²) in [5.41, 5.74) is 0.663. The maximum absolute atomic E-state index is 11.7. The maximum atomic E-state index is 11.7. The van der Waals surface area contributed by atoms with Gasteiger partial charge in [-0.25, -0.2) is 9.59 Å². The molecular formula is C17H23N3O6. The lowest BCUT2D eigenvalue weighted by Gasteiger charge is -2.26. The van der Waals surface area contributed by atoms with Gasteiger partial charge in [0.2, 0.25) is 0 Å². The summed E-state index contributed by atoms with van der Waals surface area (Å²) < 4.78 is 5.28. The predicted octanol–water partition coefficient (Wildman–Crippen LogP) is 0.246. The number of aromatic nitrogens is 1. The number of pyridine rings is 1. The van der Waals surface area contributed by atoms with Gasteiger partial charge in [0.15, 0.2) is 0 Å². The van der Waals surface area contributed by atoms with Crippen LogP contribution in [0.1, 0.15) is 16.8 Å². The third-order valence-electron chi connectivity index (χ3n) is 3.35. The third-order valence-corrected chi connectivity index (χ3v) is 3.35. The number of hydrogen-bond acceptors (Lipinski definition) is 6. The molecule has 0 radical (unpaired) electrons. The number of morpholine rings is 1. The van der Waals surface area contributed by atoms with Crippen LogP contribution in [0.15, 0.2) is 36.7 Å². The molecule has 1 aromatic heterocycles. The van der Waals surface area contributed by atoms with Gasteiger partial charge in [0, 0.05) is 49.7 Å². The Labute approximate surface area is 151 Å². The quantitative estimate of drug-likeness (QED) is 0.463. The monoisotopic (exact) mass is 365 g/mol. The SMILES string of the molecule is O=C(NCCCN1CCOCC1)c1ccncc1.O=C(O)/C=C\C(=O)O. The molecule has 0 unspecified atom stereocenters. The van der Waals surface area contributed by atoms with E-state index in [1.54, 1.807) is 24.5 Å². The Morgan fingerprint density at radius 2 is 1.69 bits per heavy atom. The number of carboxylic acids is 2. The summed E-state index contributed by atoms with van der Waals surface area (Å²) >= 11 is 0. The van der Waals surface area contributed by atoms with Crippen LogP contribution in [0.5, 0.6) is 0 Å². The molecule has 1 fully saturated rings. The van der Waals surface area contributed by atoms with Crippen LogP contribution < -0.4 is 5.32 Å². The number of carboxylic acid groups (broad SMARTS) is 2. The molecule has 2 heterocycles. The number of carbonyl (C=O) groups excluding carboxylic acids is 1. The van der Waals surface area contributed by atoms with E-state index in [2.05, 4.69) is 15.2 Å². The Balaban J connectivity index is 0.000000359. The first-order valence-electron chi connectivity index (χ1n) is 8.11. The molecule has 0 spiro atoms. The first kappa shape index (κ1) is 21.3. The van der Waals surface area contributed by atoms with Crippen molar-refractivity contribution in [2.75, 3.05) is 39.4 Å². The molecule has 9 nitrogen and oxygen atoms in total. The molecule has 0 saturated carbocycles. The average Bonchev–Trinajstić information content (AvgIpc) is 2.65. The van der Waals surface area contributed by atoms with Gasteiger partial charge >= 0.3 is 11.9 Å². The first-order valence-corrected chi connectivity index (χ1v) is 8.11. The first-order chi connectivity index (χ1) is 12.5. The van der Waals surface area contributed by atoms with Gasteiger partial charge in [-0.15, -0.1) is 0 Å². The van der Waals surface area contributed by atoms with Crippen LogP contribution in [-0.2, 0) is 14.3 Å². The van der Waals surface area contributed by atoms with Crippen LogP contribution in [0.4, 0.5) is 0 Å². The Hall–Kier alpha value is -2.78. The maximum Gasteiger partial charge on any atom is 0.328 e. The minimum atomic E-state index is -1.26. The second kappa shape index (κ2) is 12.6. The zero-order chi connectivity index (χ0) is 19.2. The van der Waals surface area contributed by atoms with E-state index in [1.807, 2.05) is 0 Å². The lowest BCUT2D eigenvalue weighted by atomic mass is 10.2. The van der Waals surface area contributed by atoms with E-state index in [9.17, 15) is 14.4 Å². The minimum absolute atomic E-state index is 0.0284. The van der Waals surface area contributed by atoms with Crippen LogP contribution in [0.3, 0.4) is 0 Å². The van der Waals surface area contributed by atoms with Gasteiger partial charge in [-0.1, -0.05) is 0 Å². The molecule has 1 aliphatic heterocycles. The van der Waals surface area contributed by atoms with Crippen molar-refractivity contribution in [2.24, 2.45) is 0 Å². The zero-order valence-corrected chi connectivity index (χ0v) is 14.3. The van der Waals surface area contributed by atoms with Gasteiger partial charge in [-0.2, -0.15) is 0 Å². The fraction of sp³-hybridized carbons (Fsp3) is 0.412. The number of nitrogens with zero attached hydrogens (tertiary/aromatic N) is 2. The summed E-state index contributed by atoms with van der Waals surface area (Å²) in [6.45, 7) is 5.36. The normalized spacial score (nSPS) is 14.3. The minimum Gasteiger partial charge on any atom is -0.478 e. The molecule has 1 aromatic rings. The van der Waals surface area contributed by atoms with Crippen LogP contribution >= 0.6 is 0 Å². The topological polar surface area (TPSA) is 129 Å². The second-order valence-electron chi connectivity index (χ2n) is 5.31. The van der Waals surface area contributed by atoms with Gasteiger partial charge in [-0.3, -0.25) is 14.7 Å². The van der Waals surface area contributed by atoms with Gasteiger partial charge in [0.05, 0.1) is 13.2 Å². The molecular weight excluding hydrogens is 342 g/mol. The number of amides is 1. The summed E-state index contributed by atoms with van der Waals surface area (Å²) in [6, 6.07) is 3.44. The van der Waals surface area contributed by atoms with Crippen molar-refractivity contribution >= 4 is 17.8 Å². The van der Waals surface area contributed by atoms with Gasteiger partial charge < -0.3 is 20.3 Å². The molecule has 1 saturated heterocycles. The van der Waals surface area contributed by atoms with Crippen molar-refractivity contribution < 1.29 is 29.3 Å². The van der Waals surface area contributed by atoms with Crippen molar-refractivity contribution in [1.29, 1.82) is 0 Å². The molecule has 26 heavy (non-hydrogen) atoms. The number of rotatable bonds is 7. The highest BCUT2D eigenvalue weighted by Gasteiger charge is 2.09. The number of nitrogens with one attached hydrogen (secondary N) is 1. The summed E-state index contributed by atoms with van der Waals surface area (Å²) in [6.07, 6.45) is 5.34. The molecule has 1 aliphatic rings. The van der Waals surface area contributed by atoms with Crippen LogP contribution in [0.2, 0.25) is 0 Å². The van der Waals surface area contributed by atoms with Crippen LogP contribution in [-0.4, -0.2) is 77.3 Å². The van der Waals surface area contributed by atoms with Gasteiger partial charge in [0.25, 0.3) is 5.91 Å². The largest absolute Gasteiger partial charge is 0.478 e. The standard InChI is InChI=1S/C13H19N3O2.C4H4O4/c17-13(12-2-5-14-6-3-12)15-4-1-7-16-8-10-18-11-9-16;5-3(6)1-2-4(7)8/h2-3,5-6H,1,4,7-11H2,(H,15,17);1-2H,(H,5,6)(H,7,8)/b;2-1-. The highest BCUT2D eigenvalue weighted by molar-refractivity contribution is 5.93. The number of ether oxygens (including phenoxy) is 1. The predicted molar refractivity (Wildman–Crippen MR) is 92.9 cm³/mol. The van der Waals surface area contributed by atoms with E-state index in [-0.39, 0.29) is 5.91 Å². The molecule has 0 aliphatic carbocycles. The Morgan fingerprint density at radius 1 is 1.12 bits per heavy atom. The lowest BCUT2D eigenvalue weighted by Crippen LogP contribution is -2.38. The van der Waals surface area contributed by atoms with E-state index in [0.717, 1.165) is 39.3 Å². The smallest absolute Gasteiger partial charge is 0.328 e. The van der Waals surface area contributed by atoms with Gasteiger partial charge in [0.1, 0.15) is 0 Å². The number of carbonyl (C=O) groups is 3. The van der Waals surface area contributed by atoms with Crippen LogP contribution in [0.25, 0.3) is 0 Å². The summed E-state index contributed by atoms with van der Waals surface area (Å²) in [5, 5.41) is 18.5. The summed E-state index contributed by atoms with van der Waals surface area (Å²) in [4.78, 5) is 37.1. The van der Waals surface area contributed by atoms with E-state index in [4.69, 9.17) is 14.9 Å².